The number of aliphatic hydroxyl groups is 1. The molecule has 10 heteroatoms. The number of nitrogens with zero attached hydrogens (tertiary/aromatic N) is 1. The normalized spacial score (nSPS) is 21.0. The van der Waals surface area contributed by atoms with E-state index in [2.05, 4.69) is 10.6 Å². The molecule has 5 unspecified atom stereocenters. The Bertz CT molecular complexity index is 593. The Morgan fingerprint density at radius 3 is 2.21 bits per heavy atom. The fraction of sp³-hybridized carbons (Fsp3) is 0.778. The highest BCUT2D eigenvalue weighted by Crippen LogP contribution is 2.18. The predicted molar refractivity (Wildman–Crippen MR) is 101 cm³/mol. The van der Waals surface area contributed by atoms with Gasteiger partial charge in [-0.05, 0) is 39.0 Å². The van der Waals surface area contributed by atoms with E-state index in [0.29, 0.717) is 19.4 Å². The number of aliphatic hydroxyl groups excluding tert-OH is 1. The zero-order valence-corrected chi connectivity index (χ0v) is 16.8. The van der Waals surface area contributed by atoms with Gasteiger partial charge in [0.1, 0.15) is 18.1 Å². The molecule has 0 bridgehead atoms. The lowest BCUT2D eigenvalue weighted by atomic mass is 10.0. The van der Waals surface area contributed by atoms with Crippen LogP contribution in [0, 0.1) is 5.92 Å². The van der Waals surface area contributed by atoms with E-state index in [1.807, 2.05) is 13.8 Å². The molecule has 0 aliphatic carbocycles. The number of amides is 3. The third-order valence-electron chi connectivity index (χ3n) is 4.61. The Balaban J connectivity index is 2.85. The highest BCUT2D eigenvalue weighted by Gasteiger charge is 2.38. The maximum atomic E-state index is 12.6. The van der Waals surface area contributed by atoms with Gasteiger partial charge in [-0.25, -0.2) is 4.79 Å². The molecular weight excluding hydrogens is 368 g/mol. The van der Waals surface area contributed by atoms with Crippen LogP contribution in [0.3, 0.4) is 0 Å². The minimum Gasteiger partial charge on any atom is -0.480 e. The van der Waals surface area contributed by atoms with Gasteiger partial charge in [0.15, 0.2) is 0 Å². The van der Waals surface area contributed by atoms with Crippen molar-refractivity contribution >= 4 is 23.7 Å². The number of likely N-dealkylation sites (tertiary alicyclic amines) is 1. The van der Waals surface area contributed by atoms with Gasteiger partial charge in [-0.3, -0.25) is 14.4 Å². The lowest BCUT2D eigenvalue weighted by Gasteiger charge is -2.29. The number of carboxylic acid groups (broad SMARTS) is 1. The largest absolute Gasteiger partial charge is 0.480 e. The fourth-order valence-corrected chi connectivity index (χ4v) is 3.17. The lowest BCUT2D eigenvalue weighted by Crippen LogP contribution is -2.59. The molecule has 6 N–H and O–H groups in total. The van der Waals surface area contributed by atoms with Gasteiger partial charge in [0, 0.05) is 6.54 Å². The minimum absolute atomic E-state index is 0.0253. The minimum atomic E-state index is -1.34. The Morgan fingerprint density at radius 2 is 1.75 bits per heavy atom. The standard InChI is InChI=1S/C18H32N4O6/c1-9(2)8-12(18(27)28)20-16(25)14(11(4)23)21-15(24)13-6-5-7-22(13)17(26)10(3)19/h9-14,23H,5-8,19H2,1-4H3,(H,20,25)(H,21,24)(H,27,28). The van der Waals surface area contributed by atoms with Crippen LogP contribution in [0.5, 0.6) is 0 Å². The Kier molecular flexibility index (Phi) is 8.83. The number of hydrogen-bond donors (Lipinski definition) is 5. The third kappa shape index (κ3) is 6.45. The summed E-state index contributed by atoms with van der Waals surface area (Å²) in [6.07, 6.45) is -0.00137. The van der Waals surface area contributed by atoms with Crippen molar-refractivity contribution in [2.45, 2.75) is 77.2 Å². The molecule has 0 radical (unpaired) electrons. The second-order valence-electron chi connectivity index (χ2n) is 7.73. The van der Waals surface area contributed by atoms with Gasteiger partial charge in [-0.2, -0.15) is 0 Å². The first kappa shape index (κ1) is 23.8. The molecule has 1 rings (SSSR count). The van der Waals surface area contributed by atoms with E-state index in [9.17, 15) is 29.4 Å². The van der Waals surface area contributed by atoms with Gasteiger partial charge in [-0.15, -0.1) is 0 Å². The number of carboxylic acids is 1. The summed E-state index contributed by atoms with van der Waals surface area (Å²) in [4.78, 5) is 50.0. The summed E-state index contributed by atoms with van der Waals surface area (Å²) in [7, 11) is 0. The van der Waals surface area contributed by atoms with Crippen molar-refractivity contribution < 1.29 is 29.4 Å². The van der Waals surface area contributed by atoms with Crippen LogP contribution >= 0.6 is 0 Å². The summed E-state index contributed by atoms with van der Waals surface area (Å²) in [5, 5.41) is 24.0. The fourth-order valence-electron chi connectivity index (χ4n) is 3.17. The van der Waals surface area contributed by atoms with E-state index >= 15 is 0 Å². The number of carbonyl (C=O) groups excluding carboxylic acids is 3. The summed E-state index contributed by atoms with van der Waals surface area (Å²) in [6.45, 7) is 6.88. The van der Waals surface area contributed by atoms with Crippen molar-refractivity contribution in [3.63, 3.8) is 0 Å². The number of rotatable bonds is 9. The molecule has 3 amide bonds. The highest BCUT2D eigenvalue weighted by atomic mass is 16.4. The van der Waals surface area contributed by atoms with Crippen LogP contribution < -0.4 is 16.4 Å². The van der Waals surface area contributed by atoms with Crippen LogP contribution in [0.25, 0.3) is 0 Å². The van der Waals surface area contributed by atoms with E-state index < -0.39 is 48.1 Å². The van der Waals surface area contributed by atoms with Crippen LogP contribution in [0.15, 0.2) is 0 Å². The number of carbonyl (C=O) groups is 4. The first-order valence-electron chi connectivity index (χ1n) is 9.53. The molecule has 0 spiro atoms. The monoisotopic (exact) mass is 400 g/mol. The number of nitrogens with one attached hydrogen (secondary N) is 2. The van der Waals surface area contributed by atoms with Crippen molar-refractivity contribution in [2.24, 2.45) is 11.7 Å². The smallest absolute Gasteiger partial charge is 0.326 e. The van der Waals surface area contributed by atoms with Crippen LogP contribution in [0.1, 0.15) is 47.0 Å². The Morgan fingerprint density at radius 1 is 1.14 bits per heavy atom. The summed E-state index contributed by atoms with van der Waals surface area (Å²) in [5.41, 5.74) is 5.62. The third-order valence-corrected chi connectivity index (χ3v) is 4.61. The maximum Gasteiger partial charge on any atom is 0.326 e. The predicted octanol–water partition coefficient (Wildman–Crippen LogP) is -1.19. The molecule has 10 nitrogen and oxygen atoms in total. The number of aliphatic carboxylic acids is 1. The quantitative estimate of drug-likeness (QED) is 0.325. The molecule has 1 saturated heterocycles. The van der Waals surface area contributed by atoms with E-state index in [1.165, 1.54) is 18.7 Å². The second-order valence-corrected chi connectivity index (χ2v) is 7.73. The van der Waals surface area contributed by atoms with Crippen LogP contribution in [0.4, 0.5) is 0 Å². The van der Waals surface area contributed by atoms with Crippen molar-refractivity contribution in [2.75, 3.05) is 6.54 Å². The van der Waals surface area contributed by atoms with E-state index in [-0.39, 0.29) is 18.2 Å². The van der Waals surface area contributed by atoms with Crippen molar-refractivity contribution in [3.05, 3.63) is 0 Å². The molecule has 5 atom stereocenters. The second kappa shape index (κ2) is 10.4. The first-order chi connectivity index (χ1) is 13.0. The van der Waals surface area contributed by atoms with E-state index in [1.54, 1.807) is 0 Å². The molecule has 1 fully saturated rings. The summed E-state index contributed by atoms with van der Waals surface area (Å²) >= 11 is 0. The van der Waals surface area contributed by atoms with E-state index in [0.717, 1.165) is 0 Å². The average molecular weight is 400 g/mol. The first-order valence-corrected chi connectivity index (χ1v) is 9.53. The highest BCUT2D eigenvalue weighted by molar-refractivity contribution is 5.94. The zero-order valence-electron chi connectivity index (χ0n) is 16.8. The van der Waals surface area contributed by atoms with Crippen molar-refractivity contribution in [1.82, 2.24) is 15.5 Å². The van der Waals surface area contributed by atoms with E-state index in [4.69, 9.17) is 5.73 Å². The molecule has 28 heavy (non-hydrogen) atoms. The van der Waals surface area contributed by atoms with Gasteiger partial charge in [0.05, 0.1) is 12.1 Å². The SMILES string of the molecule is CC(C)CC(NC(=O)C(NC(=O)C1CCCN1C(=O)C(C)N)C(C)O)C(=O)O. The molecule has 0 saturated carbocycles. The maximum absolute atomic E-state index is 12.6. The molecule has 1 heterocycles. The summed E-state index contributed by atoms with van der Waals surface area (Å²) in [6, 6.07) is -4.00. The van der Waals surface area contributed by atoms with Gasteiger partial charge in [0.2, 0.25) is 17.7 Å². The number of nitrogens with two attached hydrogens (primary N) is 1. The molecule has 160 valence electrons. The summed E-state index contributed by atoms with van der Waals surface area (Å²) < 4.78 is 0. The van der Waals surface area contributed by atoms with Crippen LogP contribution in [-0.2, 0) is 19.2 Å². The Hall–Kier alpha value is -2.20. The lowest BCUT2D eigenvalue weighted by molar-refractivity contribution is -0.144. The van der Waals surface area contributed by atoms with Crippen LogP contribution in [-0.4, -0.2) is 75.6 Å². The van der Waals surface area contributed by atoms with Crippen molar-refractivity contribution in [1.29, 1.82) is 0 Å². The van der Waals surface area contributed by atoms with Crippen molar-refractivity contribution in [3.8, 4) is 0 Å². The molecule has 1 aliphatic heterocycles. The van der Waals surface area contributed by atoms with Gasteiger partial charge >= 0.3 is 5.97 Å². The van der Waals surface area contributed by atoms with Crippen LogP contribution in [0.2, 0.25) is 0 Å². The van der Waals surface area contributed by atoms with Gasteiger partial charge in [-0.1, -0.05) is 13.8 Å². The molecule has 0 aromatic rings. The topological polar surface area (TPSA) is 162 Å². The molecular formula is C18H32N4O6. The van der Waals surface area contributed by atoms with Gasteiger partial charge in [0.25, 0.3) is 0 Å². The summed E-state index contributed by atoms with van der Waals surface area (Å²) in [5.74, 6) is -2.90. The molecule has 0 aromatic heterocycles. The molecule has 1 aliphatic rings. The Labute approximate surface area is 164 Å². The van der Waals surface area contributed by atoms with Gasteiger partial charge < -0.3 is 31.5 Å². The average Bonchev–Trinajstić information content (AvgIpc) is 3.06. The number of hydrogen-bond acceptors (Lipinski definition) is 6. The molecule has 0 aromatic carbocycles. The zero-order chi connectivity index (χ0) is 21.6.